The van der Waals surface area contributed by atoms with Gasteiger partial charge in [-0.1, -0.05) is 30.3 Å². The van der Waals surface area contributed by atoms with Gasteiger partial charge in [0.1, 0.15) is 23.1 Å². The van der Waals surface area contributed by atoms with Crippen LogP contribution in [0.2, 0.25) is 0 Å². The second kappa shape index (κ2) is 17.7. The van der Waals surface area contributed by atoms with Gasteiger partial charge in [-0.25, -0.2) is 14.1 Å². The monoisotopic (exact) mass is 937 g/mol. The van der Waals surface area contributed by atoms with Crippen LogP contribution in [0.4, 0.5) is 23.2 Å². The van der Waals surface area contributed by atoms with Crippen LogP contribution in [0.1, 0.15) is 100 Å². The van der Waals surface area contributed by atoms with Crippen LogP contribution >= 0.6 is 0 Å². The van der Waals surface area contributed by atoms with Crippen LogP contribution in [-0.4, -0.2) is 126 Å². The molecule has 4 aliphatic rings. The number of H-pyrrole nitrogens is 1. The Labute approximate surface area is 389 Å². The van der Waals surface area contributed by atoms with E-state index in [0.29, 0.717) is 26.2 Å². The number of hydrogen-bond acceptors (Lipinski definition) is 11. The van der Waals surface area contributed by atoms with E-state index in [1.165, 1.54) is 17.8 Å². The van der Waals surface area contributed by atoms with E-state index >= 15 is 4.39 Å². The summed E-state index contributed by atoms with van der Waals surface area (Å²) >= 11 is 0. The zero-order valence-corrected chi connectivity index (χ0v) is 38.0. The molecule has 5 aromatic rings. The number of imide groups is 2. The van der Waals surface area contributed by atoms with Crippen LogP contribution in [0.3, 0.4) is 0 Å². The summed E-state index contributed by atoms with van der Waals surface area (Å²) in [7, 11) is 0. The Bertz CT molecular complexity index is 2810. The normalized spacial score (nSPS) is 19.4. The van der Waals surface area contributed by atoms with Crippen molar-refractivity contribution in [2.75, 3.05) is 44.2 Å². The molecular weight excluding hydrogens is 887 g/mol. The quantitative estimate of drug-likeness (QED) is 0.113. The number of likely N-dealkylation sites (tertiary alicyclic amines) is 1. The lowest BCUT2D eigenvalue weighted by molar-refractivity contribution is -0.182. The van der Waals surface area contributed by atoms with Gasteiger partial charge in [-0.3, -0.25) is 49.1 Å². The summed E-state index contributed by atoms with van der Waals surface area (Å²) < 4.78 is 57.4. The minimum atomic E-state index is -4.54. The minimum Gasteiger partial charge on any atom is -0.367 e. The lowest BCUT2D eigenvalue weighted by atomic mass is 9.86. The number of aromatic amines is 1. The minimum absolute atomic E-state index is 0.00539. The molecule has 3 fully saturated rings. The van der Waals surface area contributed by atoms with Gasteiger partial charge in [-0.15, -0.1) is 0 Å². The number of alkyl halides is 3. The molecule has 0 saturated carbocycles. The molecule has 68 heavy (non-hydrogen) atoms. The van der Waals surface area contributed by atoms with E-state index in [1.54, 1.807) is 10.9 Å². The van der Waals surface area contributed by atoms with Crippen molar-refractivity contribution in [3.63, 3.8) is 0 Å². The fourth-order valence-electron chi connectivity index (χ4n) is 9.49. The van der Waals surface area contributed by atoms with Crippen molar-refractivity contribution < 1.29 is 41.5 Å². The molecule has 3 N–H and O–H groups in total. The van der Waals surface area contributed by atoms with Crippen LogP contribution in [0.15, 0.2) is 67.0 Å². The number of aromatic nitrogens is 5. The SMILES string of the molecule is Cc1cc(-c2ccc(CN3CCC(C)(N4CCN(c5cc6c(cc5F)C(=O)N(C5CCC(=O)NC5=O)C6=O)CC4)CC3)cc2)ccc1-n1cc(C(=O)NCc2nc(C(C)(C)C(F)(F)F)n[nH]2)cn1. The molecule has 0 bridgehead atoms. The van der Waals surface area contributed by atoms with Crippen molar-refractivity contribution in [1.29, 1.82) is 0 Å². The van der Waals surface area contributed by atoms with E-state index in [1.807, 2.05) is 24.0 Å². The van der Waals surface area contributed by atoms with E-state index < -0.39 is 58.8 Å². The summed E-state index contributed by atoms with van der Waals surface area (Å²) in [4.78, 5) is 75.2. The van der Waals surface area contributed by atoms with Crippen molar-refractivity contribution in [2.24, 2.45) is 0 Å². The maximum Gasteiger partial charge on any atom is 0.401 e. The third kappa shape index (κ3) is 8.77. The highest BCUT2D eigenvalue weighted by atomic mass is 19.4. The van der Waals surface area contributed by atoms with Crippen molar-refractivity contribution in [3.05, 3.63) is 112 Å². The second-order valence-corrected chi connectivity index (χ2v) is 18.8. The number of piperidine rings is 2. The standard InChI is InChI=1S/C48H51F4N11O5/c1-28-21-31(9-10-36(28)62-27-32(24-54-62)41(65)53-25-39-55-45(58-57-39)46(2,3)48(50,51)52)30-7-5-29(6-8-30)26-59-15-13-47(4,14-16-59)61-19-17-60(18-20-61)38-23-34-33(22-35(38)49)43(67)63(44(34)68)37-11-12-40(64)56-42(37)66/h5-10,21-24,27,37H,11-20,25-26H2,1-4H3,(H,53,65)(H,55,57,58)(H,56,64,66). The number of amides is 5. The Hall–Kier alpha value is -6.80. The van der Waals surface area contributed by atoms with E-state index in [2.05, 4.69) is 78.0 Å². The van der Waals surface area contributed by atoms with Gasteiger partial charge in [-0.2, -0.15) is 23.4 Å². The number of carbonyl (C=O) groups excluding carboxylic acids is 5. The van der Waals surface area contributed by atoms with Gasteiger partial charge in [-0.05, 0) is 93.5 Å². The molecule has 1 unspecified atom stereocenters. The number of benzene rings is 3. The molecule has 3 saturated heterocycles. The summed E-state index contributed by atoms with van der Waals surface area (Å²) in [6.45, 7) is 11.2. The first-order valence-electron chi connectivity index (χ1n) is 22.6. The van der Waals surface area contributed by atoms with Crippen molar-refractivity contribution in [1.82, 2.24) is 50.3 Å². The number of aryl methyl sites for hydroxylation is 1. The Morgan fingerprint density at radius 2 is 1.56 bits per heavy atom. The first-order valence-corrected chi connectivity index (χ1v) is 22.6. The number of hydrogen-bond donors (Lipinski definition) is 3. The van der Waals surface area contributed by atoms with Crippen LogP contribution in [-0.2, 0) is 28.1 Å². The van der Waals surface area contributed by atoms with Crippen molar-refractivity contribution in [3.8, 4) is 16.8 Å². The second-order valence-electron chi connectivity index (χ2n) is 18.8. The number of anilines is 1. The summed E-state index contributed by atoms with van der Waals surface area (Å²) in [5.74, 6) is -3.94. The first-order chi connectivity index (χ1) is 32.3. The molecule has 1 atom stereocenters. The smallest absolute Gasteiger partial charge is 0.367 e. The summed E-state index contributed by atoms with van der Waals surface area (Å²) in [6, 6.07) is 15.9. The van der Waals surface area contributed by atoms with Crippen molar-refractivity contribution in [2.45, 2.75) is 89.6 Å². The third-order valence-corrected chi connectivity index (χ3v) is 14.0. The van der Waals surface area contributed by atoms with Gasteiger partial charge in [0.2, 0.25) is 11.8 Å². The number of rotatable bonds is 11. The predicted molar refractivity (Wildman–Crippen MR) is 240 cm³/mol. The number of nitrogens with zero attached hydrogens (tertiary/aromatic N) is 8. The molecule has 5 amide bonds. The average Bonchev–Trinajstić information content (AvgIpc) is 4.06. The van der Waals surface area contributed by atoms with Crippen LogP contribution in [0, 0.1) is 12.7 Å². The predicted octanol–water partition coefficient (Wildman–Crippen LogP) is 5.45. The lowest BCUT2D eigenvalue weighted by Crippen LogP contribution is -2.59. The molecule has 3 aromatic carbocycles. The number of halogens is 4. The molecule has 356 valence electrons. The van der Waals surface area contributed by atoms with Gasteiger partial charge in [0.05, 0.1) is 40.8 Å². The number of piperazine rings is 1. The van der Waals surface area contributed by atoms with Gasteiger partial charge in [0, 0.05) is 64.0 Å². The van der Waals surface area contributed by atoms with Gasteiger partial charge in [0.15, 0.2) is 5.82 Å². The molecule has 9 rings (SSSR count). The Balaban J connectivity index is 0.748. The highest BCUT2D eigenvalue weighted by molar-refractivity contribution is 6.23. The van der Waals surface area contributed by atoms with E-state index in [4.69, 9.17) is 0 Å². The zero-order chi connectivity index (χ0) is 48.3. The number of nitrogens with one attached hydrogen (secondary N) is 3. The highest BCUT2D eigenvalue weighted by Crippen LogP contribution is 2.39. The summed E-state index contributed by atoms with van der Waals surface area (Å²) in [5, 5.41) is 15.4. The average molecular weight is 938 g/mol. The lowest BCUT2D eigenvalue weighted by Gasteiger charge is -2.50. The molecular formula is C48H51F4N11O5. The fraction of sp³-hybridized carbons (Fsp3) is 0.417. The first kappa shape index (κ1) is 46.3. The summed E-state index contributed by atoms with van der Waals surface area (Å²) in [5.41, 5.74) is 3.22. The molecule has 2 aromatic heterocycles. The molecule has 6 heterocycles. The molecule has 20 heteroatoms. The van der Waals surface area contributed by atoms with Crippen LogP contribution < -0.4 is 15.5 Å². The van der Waals surface area contributed by atoms with Gasteiger partial charge >= 0.3 is 6.18 Å². The van der Waals surface area contributed by atoms with E-state index in [-0.39, 0.29) is 53.1 Å². The molecule has 16 nitrogen and oxygen atoms in total. The highest BCUT2D eigenvalue weighted by Gasteiger charge is 2.51. The number of carbonyl (C=O) groups is 5. The third-order valence-electron chi connectivity index (χ3n) is 14.0. The zero-order valence-electron chi connectivity index (χ0n) is 38.0. The van der Waals surface area contributed by atoms with Gasteiger partial charge in [0.25, 0.3) is 17.7 Å². The Kier molecular flexibility index (Phi) is 12.1. The Morgan fingerprint density at radius 3 is 2.22 bits per heavy atom. The van der Waals surface area contributed by atoms with Crippen LogP contribution in [0.5, 0.6) is 0 Å². The molecule has 0 spiro atoms. The molecule has 0 aliphatic carbocycles. The molecule has 4 aliphatic heterocycles. The molecule has 0 radical (unpaired) electrons. The summed E-state index contributed by atoms with van der Waals surface area (Å²) in [6.07, 6.45) is 0.441. The maximum atomic E-state index is 15.6. The van der Waals surface area contributed by atoms with E-state index in [9.17, 15) is 37.1 Å². The van der Waals surface area contributed by atoms with Crippen molar-refractivity contribution >= 4 is 35.2 Å². The fourth-order valence-corrected chi connectivity index (χ4v) is 9.49. The van der Waals surface area contributed by atoms with Crippen LogP contribution in [0.25, 0.3) is 16.8 Å². The van der Waals surface area contributed by atoms with Gasteiger partial charge < -0.3 is 10.2 Å². The maximum absolute atomic E-state index is 15.6. The Morgan fingerprint density at radius 1 is 0.882 bits per heavy atom. The van der Waals surface area contributed by atoms with E-state index in [0.717, 1.165) is 79.7 Å². The largest absolute Gasteiger partial charge is 0.401 e. The topological polar surface area (TPSA) is 182 Å². The number of fused-ring (bicyclic) bond motifs is 1.